The molecule has 2 aromatic carbocycles. The maximum atomic E-state index is 12.8. The fourth-order valence-corrected chi connectivity index (χ4v) is 3.52. The summed E-state index contributed by atoms with van der Waals surface area (Å²) >= 11 is 5.13. The number of carbonyl (C=O) groups excluding carboxylic acids is 2. The van der Waals surface area contributed by atoms with E-state index in [2.05, 4.69) is 15.5 Å². The normalized spacial score (nSPS) is 13.7. The lowest BCUT2D eigenvalue weighted by atomic mass is 10.1. The quantitative estimate of drug-likeness (QED) is 0.758. The van der Waals surface area contributed by atoms with Gasteiger partial charge in [0.1, 0.15) is 0 Å². The lowest BCUT2D eigenvalue weighted by Gasteiger charge is -2.36. The van der Waals surface area contributed by atoms with E-state index in [1.807, 2.05) is 60.4 Å². The van der Waals surface area contributed by atoms with Gasteiger partial charge < -0.3 is 20.4 Å². The van der Waals surface area contributed by atoms with Crippen molar-refractivity contribution in [3.63, 3.8) is 0 Å². The second-order valence-corrected chi connectivity index (χ2v) is 7.41. The summed E-state index contributed by atoms with van der Waals surface area (Å²) in [6, 6.07) is 15.6. The van der Waals surface area contributed by atoms with E-state index in [1.54, 1.807) is 6.92 Å². The zero-order valence-electron chi connectivity index (χ0n) is 16.8. The zero-order valence-corrected chi connectivity index (χ0v) is 17.6. The molecule has 1 aliphatic heterocycles. The number of carbonyl (C=O) groups is 2. The molecule has 1 fully saturated rings. The Balaban J connectivity index is 1.54. The molecule has 0 atom stereocenters. The molecule has 0 aromatic heterocycles. The Bertz CT molecular complexity index is 890. The lowest BCUT2D eigenvalue weighted by Crippen LogP contribution is -2.48. The standard InChI is InChI=1S/C22H26N4O2S/c1-3-20(27)24-22(29)23-17-8-10-18(11-9-17)25-12-14-26(15-13-25)21(28)19-7-5-4-6-16(19)2/h4-11H,3,12-15H2,1-2H3,(H2,23,24,27,29). The minimum Gasteiger partial charge on any atom is -0.368 e. The monoisotopic (exact) mass is 410 g/mol. The average molecular weight is 411 g/mol. The first-order chi connectivity index (χ1) is 14.0. The Hall–Kier alpha value is -2.93. The van der Waals surface area contributed by atoms with Crippen LogP contribution in [0.5, 0.6) is 0 Å². The van der Waals surface area contributed by atoms with Gasteiger partial charge in [-0.1, -0.05) is 25.1 Å². The van der Waals surface area contributed by atoms with Crippen molar-refractivity contribution in [2.24, 2.45) is 0 Å². The molecule has 29 heavy (non-hydrogen) atoms. The van der Waals surface area contributed by atoms with Crippen molar-refractivity contribution in [1.82, 2.24) is 10.2 Å². The van der Waals surface area contributed by atoms with E-state index < -0.39 is 0 Å². The number of amides is 2. The number of aryl methyl sites for hydroxylation is 1. The predicted octanol–water partition coefficient (Wildman–Crippen LogP) is 3.18. The fraction of sp³-hybridized carbons (Fsp3) is 0.318. The van der Waals surface area contributed by atoms with E-state index in [4.69, 9.17) is 12.2 Å². The van der Waals surface area contributed by atoms with Crippen LogP contribution in [0, 0.1) is 6.92 Å². The molecule has 0 aliphatic carbocycles. The number of nitrogens with one attached hydrogen (secondary N) is 2. The second-order valence-electron chi connectivity index (χ2n) is 7.00. The van der Waals surface area contributed by atoms with Gasteiger partial charge in [0.25, 0.3) is 5.91 Å². The molecule has 2 aromatic rings. The first-order valence-electron chi connectivity index (χ1n) is 9.78. The second kappa shape index (κ2) is 9.52. The van der Waals surface area contributed by atoms with E-state index in [0.717, 1.165) is 35.6 Å². The third-order valence-corrected chi connectivity index (χ3v) is 5.21. The van der Waals surface area contributed by atoms with Gasteiger partial charge >= 0.3 is 0 Å². The van der Waals surface area contributed by atoms with E-state index >= 15 is 0 Å². The van der Waals surface area contributed by atoms with Crippen LogP contribution in [0.25, 0.3) is 0 Å². The fourth-order valence-electron chi connectivity index (χ4n) is 3.28. The molecule has 0 unspecified atom stereocenters. The third kappa shape index (κ3) is 5.32. The molecule has 1 aliphatic rings. The van der Waals surface area contributed by atoms with Gasteiger partial charge in [0, 0.05) is 49.5 Å². The number of nitrogens with zero attached hydrogens (tertiary/aromatic N) is 2. The van der Waals surface area contributed by atoms with Crippen LogP contribution >= 0.6 is 12.2 Å². The minimum atomic E-state index is -0.114. The topological polar surface area (TPSA) is 64.7 Å². The van der Waals surface area contributed by atoms with Gasteiger partial charge in [0.15, 0.2) is 5.11 Å². The molecule has 0 radical (unpaired) electrons. The smallest absolute Gasteiger partial charge is 0.254 e. The van der Waals surface area contributed by atoms with Crippen LogP contribution in [-0.2, 0) is 4.79 Å². The number of rotatable bonds is 4. The van der Waals surface area contributed by atoms with Crippen LogP contribution in [0.1, 0.15) is 29.3 Å². The highest BCUT2D eigenvalue weighted by Gasteiger charge is 2.23. The zero-order chi connectivity index (χ0) is 20.8. The van der Waals surface area contributed by atoms with Crippen molar-refractivity contribution in [1.29, 1.82) is 0 Å². The maximum absolute atomic E-state index is 12.8. The van der Waals surface area contributed by atoms with Gasteiger partial charge in [-0.05, 0) is 55.0 Å². The van der Waals surface area contributed by atoms with Crippen molar-refractivity contribution in [3.8, 4) is 0 Å². The molecule has 152 valence electrons. The van der Waals surface area contributed by atoms with Gasteiger partial charge in [-0.25, -0.2) is 0 Å². The number of hydrogen-bond donors (Lipinski definition) is 2. The summed E-state index contributed by atoms with van der Waals surface area (Å²) in [7, 11) is 0. The van der Waals surface area contributed by atoms with Crippen LogP contribution in [0.4, 0.5) is 11.4 Å². The number of anilines is 2. The number of benzene rings is 2. The SMILES string of the molecule is CCC(=O)NC(=S)Nc1ccc(N2CCN(C(=O)c3ccccc3C)CC2)cc1. The Morgan fingerprint density at radius 3 is 2.28 bits per heavy atom. The molecule has 0 bridgehead atoms. The van der Waals surface area contributed by atoms with Gasteiger partial charge in [0.2, 0.25) is 5.91 Å². The van der Waals surface area contributed by atoms with Crippen molar-refractivity contribution in [3.05, 3.63) is 59.7 Å². The van der Waals surface area contributed by atoms with Crippen LogP contribution in [0.15, 0.2) is 48.5 Å². The molecule has 0 saturated carbocycles. The van der Waals surface area contributed by atoms with Crippen LogP contribution in [0.3, 0.4) is 0 Å². The van der Waals surface area contributed by atoms with Crippen molar-refractivity contribution in [2.45, 2.75) is 20.3 Å². The maximum Gasteiger partial charge on any atom is 0.254 e. The highest BCUT2D eigenvalue weighted by Crippen LogP contribution is 2.20. The van der Waals surface area contributed by atoms with Crippen molar-refractivity contribution < 1.29 is 9.59 Å². The summed E-state index contributed by atoms with van der Waals surface area (Å²) < 4.78 is 0. The van der Waals surface area contributed by atoms with Gasteiger partial charge in [-0.3, -0.25) is 9.59 Å². The summed E-state index contributed by atoms with van der Waals surface area (Å²) in [5.74, 6) is -0.0119. The Morgan fingerprint density at radius 2 is 1.66 bits per heavy atom. The van der Waals surface area contributed by atoms with Crippen LogP contribution in [-0.4, -0.2) is 48.0 Å². The molecular weight excluding hydrogens is 384 g/mol. The molecular formula is C22H26N4O2S. The molecule has 1 saturated heterocycles. The molecule has 2 amide bonds. The van der Waals surface area contributed by atoms with Gasteiger partial charge in [-0.15, -0.1) is 0 Å². The summed E-state index contributed by atoms with van der Waals surface area (Å²) in [5, 5.41) is 5.93. The minimum absolute atomic E-state index is 0.102. The molecule has 0 spiro atoms. The molecule has 1 heterocycles. The van der Waals surface area contributed by atoms with Gasteiger partial charge in [0.05, 0.1) is 0 Å². The third-order valence-electron chi connectivity index (χ3n) is 5.01. The molecule has 6 nitrogen and oxygen atoms in total. The van der Waals surface area contributed by atoms with Crippen LogP contribution in [0.2, 0.25) is 0 Å². The first-order valence-corrected chi connectivity index (χ1v) is 10.2. The number of hydrogen-bond acceptors (Lipinski definition) is 4. The van der Waals surface area contributed by atoms with E-state index in [9.17, 15) is 9.59 Å². The molecule has 2 N–H and O–H groups in total. The van der Waals surface area contributed by atoms with Crippen molar-refractivity contribution in [2.75, 3.05) is 36.4 Å². The average Bonchev–Trinajstić information content (AvgIpc) is 2.74. The Labute approximate surface area is 176 Å². The lowest BCUT2D eigenvalue weighted by molar-refractivity contribution is -0.119. The summed E-state index contributed by atoms with van der Waals surface area (Å²) in [6.45, 7) is 6.71. The molecule has 7 heteroatoms. The first kappa shape index (κ1) is 20.8. The highest BCUT2D eigenvalue weighted by molar-refractivity contribution is 7.80. The summed E-state index contributed by atoms with van der Waals surface area (Å²) in [4.78, 5) is 28.3. The number of piperazine rings is 1. The Morgan fingerprint density at radius 1 is 1.00 bits per heavy atom. The van der Waals surface area contributed by atoms with Gasteiger partial charge in [-0.2, -0.15) is 0 Å². The van der Waals surface area contributed by atoms with Crippen LogP contribution < -0.4 is 15.5 Å². The predicted molar refractivity (Wildman–Crippen MR) is 120 cm³/mol. The number of thiocarbonyl (C=S) groups is 1. The van der Waals surface area contributed by atoms with E-state index in [1.165, 1.54) is 0 Å². The molecule has 3 rings (SSSR count). The Kier molecular flexibility index (Phi) is 6.82. The summed E-state index contributed by atoms with van der Waals surface area (Å²) in [6.07, 6.45) is 0.388. The van der Waals surface area contributed by atoms with E-state index in [-0.39, 0.29) is 11.8 Å². The summed E-state index contributed by atoms with van der Waals surface area (Å²) in [5.41, 5.74) is 3.71. The van der Waals surface area contributed by atoms with Crippen molar-refractivity contribution >= 4 is 40.5 Å². The van der Waals surface area contributed by atoms with E-state index in [0.29, 0.717) is 24.6 Å². The highest BCUT2D eigenvalue weighted by atomic mass is 32.1. The largest absolute Gasteiger partial charge is 0.368 e.